The number of amides is 1. The van der Waals surface area contributed by atoms with E-state index in [1.165, 1.54) is 35.5 Å². The normalized spacial score (nSPS) is 13.3. The van der Waals surface area contributed by atoms with Gasteiger partial charge in [0.2, 0.25) is 5.91 Å². The molecule has 1 amide bonds. The predicted molar refractivity (Wildman–Crippen MR) is 125 cm³/mol. The molecule has 0 spiro atoms. The molecular weight excluding hydrogens is 410 g/mol. The molecule has 0 saturated carbocycles. The monoisotopic (exact) mass is 437 g/mol. The lowest BCUT2D eigenvalue weighted by molar-refractivity contribution is -0.116. The van der Waals surface area contributed by atoms with Crippen molar-refractivity contribution in [2.75, 3.05) is 0 Å². The van der Waals surface area contributed by atoms with E-state index in [0.717, 1.165) is 21.4 Å². The molecule has 3 rings (SSSR count). The third-order valence-corrected chi connectivity index (χ3v) is 6.39. The van der Waals surface area contributed by atoms with Gasteiger partial charge in [-0.1, -0.05) is 44.2 Å². The van der Waals surface area contributed by atoms with Gasteiger partial charge >= 0.3 is 5.69 Å². The summed E-state index contributed by atoms with van der Waals surface area (Å²) < 4.78 is 2.33. The molecule has 0 radical (unpaired) electrons. The number of thiophene rings is 1. The Balaban J connectivity index is 1.84. The summed E-state index contributed by atoms with van der Waals surface area (Å²) in [6, 6.07) is 12.0. The van der Waals surface area contributed by atoms with Crippen molar-refractivity contribution in [3.8, 4) is 0 Å². The molecule has 1 aromatic carbocycles. The Morgan fingerprint density at radius 1 is 1.13 bits per heavy atom. The van der Waals surface area contributed by atoms with E-state index in [1.54, 1.807) is 18.4 Å². The van der Waals surface area contributed by atoms with Crippen LogP contribution >= 0.6 is 11.3 Å². The molecule has 2 aromatic heterocycles. The van der Waals surface area contributed by atoms with Crippen molar-refractivity contribution in [3.63, 3.8) is 0 Å². The molecule has 0 fully saturated rings. The van der Waals surface area contributed by atoms with E-state index in [-0.39, 0.29) is 17.5 Å². The van der Waals surface area contributed by atoms with Gasteiger partial charge in [-0.15, -0.1) is 11.3 Å². The fourth-order valence-electron chi connectivity index (χ4n) is 3.33. The standard InChI is InChI=1S/C24H27N3O3S/c1-5-16(2)17-8-10-18(11-9-17)22(20-7-6-14-31-20)25-21(28)13-12-19-15-26(3)24(30)27(4)23(19)29/h6-16,22H,5H2,1-4H3,(H,25,28)/b13-12+. The van der Waals surface area contributed by atoms with Gasteiger partial charge in [0.05, 0.1) is 11.6 Å². The van der Waals surface area contributed by atoms with Crippen LogP contribution in [0.25, 0.3) is 6.08 Å². The summed E-state index contributed by atoms with van der Waals surface area (Å²) in [4.78, 5) is 37.8. The topological polar surface area (TPSA) is 73.1 Å². The highest BCUT2D eigenvalue weighted by Crippen LogP contribution is 2.28. The molecule has 0 bridgehead atoms. The smallest absolute Gasteiger partial charge is 0.330 e. The van der Waals surface area contributed by atoms with E-state index in [4.69, 9.17) is 0 Å². The third-order valence-electron chi connectivity index (χ3n) is 5.45. The largest absolute Gasteiger partial charge is 0.341 e. The summed E-state index contributed by atoms with van der Waals surface area (Å²) in [5, 5.41) is 5.01. The number of hydrogen-bond acceptors (Lipinski definition) is 4. The van der Waals surface area contributed by atoms with Crippen LogP contribution in [0.5, 0.6) is 0 Å². The van der Waals surface area contributed by atoms with E-state index in [1.807, 2.05) is 17.5 Å². The van der Waals surface area contributed by atoms with Gasteiger partial charge < -0.3 is 9.88 Å². The van der Waals surface area contributed by atoms with Crippen LogP contribution in [-0.2, 0) is 18.9 Å². The predicted octanol–water partition coefficient (Wildman–Crippen LogP) is 3.58. The summed E-state index contributed by atoms with van der Waals surface area (Å²) in [6.07, 6.45) is 5.27. The lowest BCUT2D eigenvalue weighted by Gasteiger charge is -2.18. The highest BCUT2D eigenvalue weighted by Gasteiger charge is 2.17. The average molecular weight is 438 g/mol. The van der Waals surface area contributed by atoms with E-state index < -0.39 is 11.2 Å². The summed E-state index contributed by atoms with van der Waals surface area (Å²) in [5.74, 6) is 0.163. The number of aromatic nitrogens is 2. The number of nitrogens with zero attached hydrogens (tertiary/aromatic N) is 2. The van der Waals surface area contributed by atoms with Crippen LogP contribution < -0.4 is 16.6 Å². The molecule has 0 aliphatic carbocycles. The Hall–Kier alpha value is -3.19. The molecule has 31 heavy (non-hydrogen) atoms. The summed E-state index contributed by atoms with van der Waals surface area (Å²) in [5.41, 5.74) is 1.68. The van der Waals surface area contributed by atoms with Gasteiger partial charge in [-0.2, -0.15) is 0 Å². The molecule has 0 saturated heterocycles. The van der Waals surface area contributed by atoms with Crippen LogP contribution in [0.3, 0.4) is 0 Å². The SMILES string of the molecule is CCC(C)c1ccc(C(NC(=O)/C=C/c2cn(C)c(=O)n(C)c2=O)c2cccs2)cc1. The maximum atomic E-state index is 12.7. The third kappa shape index (κ3) is 5.11. The van der Waals surface area contributed by atoms with Crippen LogP contribution in [0.15, 0.2) is 63.6 Å². The highest BCUT2D eigenvalue weighted by molar-refractivity contribution is 7.10. The molecule has 6 nitrogen and oxygen atoms in total. The highest BCUT2D eigenvalue weighted by atomic mass is 32.1. The summed E-state index contributed by atoms with van der Waals surface area (Å²) in [6.45, 7) is 4.36. The molecule has 7 heteroatoms. The van der Waals surface area contributed by atoms with Crippen LogP contribution in [0.1, 0.15) is 53.8 Å². The first-order valence-electron chi connectivity index (χ1n) is 10.2. The second kappa shape index (κ2) is 9.75. The fraction of sp³-hybridized carbons (Fsp3) is 0.292. The number of nitrogens with one attached hydrogen (secondary N) is 1. The van der Waals surface area contributed by atoms with Crippen molar-refractivity contribution in [1.82, 2.24) is 14.5 Å². The van der Waals surface area contributed by atoms with Gasteiger partial charge in [-0.3, -0.25) is 14.2 Å². The first-order chi connectivity index (χ1) is 14.8. The number of rotatable bonds is 7. The van der Waals surface area contributed by atoms with Crippen molar-refractivity contribution in [3.05, 3.63) is 96.5 Å². The van der Waals surface area contributed by atoms with Crippen molar-refractivity contribution in [2.45, 2.75) is 32.2 Å². The number of carbonyl (C=O) groups is 1. The minimum atomic E-state index is -0.442. The van der Waals surface area contributed by atoms with Crippen molar-refractivity contribution in [1.29, 1.82) is 0 Å². The molecule has 162 valence electrons. The van der Waals surface area contributed by atoms with E-state index >= 15 is 0 Å². The number of benzene rings is 1. The van der Waals surface area contributed by atoms with E-state index in [2.05, 4.69) is 43.4 Å². The van der Waals surface area contributed by atoms with Crippen LogP contribution in [0, 0.1) is 0 Å². The zero-order valence-corrected chi connectivity index (χ0v) is 19.0. The van der Waals surface area contributed by atoms with Crippen LogP contribution in [0.2, 0.25) is 0 Å². The Labute approximate surface area is 185 Å². The molecule has 1 N–H and O–H groups in total. The van der Waals surface area contributed by atoms with Crippen LogP contribution in [-0.4, -0.2) is 15.0 Å². The van der Waals surface area contributed by atoms with E-state index in [9.17, 15) is 14.4 Å². The Morgan fingerprint density at radius 3 is 2.42 bits per heavy atom. The lowest BCUT2D eigenvalue weighted by atomic mass is 9.95. The van der Waals surface area contributed by atoms with Gasteiger partial charge in [-0.25, -0.2) is 4.79 Å². The minimum Gasteiger partial charge on any atom is -0.341 e. The quantitative estimate of drug-likeness (QED) is 0.574. The second-order valence-corrected chi connectivity index (χ2v) is 8.59. The van der Waals surface area contributed by atoms with Gasteiger partial charge in [0.1, 0.15) is 0 Å². The lowest BCUT2D eigenvalue weighted by Crippen LogP contribution is -2.37. The fourth-order valence-corrected chi connectivity index (χ4v) is 4.14. The molecular formula is C24H27N3O3S. The van der Waals surface area contributed by atoms with Crippen molar-refractivity contribution < 1.29 is 4.79 Å². The summed E-state index contributed by atoms with van der Waals surface area (Å²) >= 11 is 1.58. The number of hydrogen-bond donors (Lipinski definition) is 1. The Morgan fingerprint density at radius 2 is 1.81 bits per heavy atom. The average Bonchev–Trinajstić information content (AvgIpc) is 3.31. The number of carbonyl (C=O) groups excluding carboxylic acids is 1. The number of aryl methyl sites for hydroxylation is 1. The molecule has 0 aliphatic rings. The Kier molecular flexibility index (Phi) is 7.07. The van der Waals surface area contributed by atoms with E-state index in [0.29, 0.717) is 5.92 Å². The molecule has 2 heterocycles. The van der Waals surface area contributed by atoms with Gasteiger partial charge in [-0.05, 0) is 41.0 Å². The first kappa shape index (κ1) is 22.5. The minimum absolute atomic E-state index is 0.269. The van der Waals surface area contributed by atoms with Gasteiger partial charge in [0, 0.05) is 31.2 Å². The molecule has 0 aliphatic heterocycles. The maximum Gasteiger partial charge on any atom is 0.330 e. The van der Waals surface area contributed by atoms with Crippen molar-refractivity contribution in [2.24, 2.45) is 14.1 Å². The van der Waals surface area contributed by atoms with Gasteiger partial charge in [0.25, 0.3) is 5.56 Å². The van der Waals surface area contributed by atoms with Gasteiger partial charge in [0.15, 0.2) is 0 Å². The van der Waals surface area contributed by atoms with Crippen molar-refractivity contribution >= 4 is 23.3 Å². The molecule has 2 unspecified atom stereocenters. The molecule has 3 aromatic rings. The Bertz CT molecular complexity index is 1190. The molecule has 2 atom stereocenters. The summed E-state index contributed by atoms with van der Waals surface area (Å²) in [7, 11) is 2.98. The maximum absolute atomic E-state index is 12.7. The first-order valence-corrected chi connectivity index (χ1v) is 11.1. The zero-order valence-electron chi connectivity index (χ0n) is 18.2. The second-order valence-electron chi connectivity index (χ2n) is 7.61. The zero-order chi connectivity index (χ0) is 22.5. The van der Waals surface area contributed by atoms with Crippen LogP contribution in [0.4, 0.5) is 0 Å².